The van der Waals surface area contributed by atoms with Gasteiger partial charge in [0, 0.05) is 21.3 Å². The number of furan rings is 1. The first-order valence-corrected chi connectivity index (χ1v) is 9.51. The lowest BCUT2D eigenvalue weighted by atomic mass is 9.99. The summed E-state index contributed by atoms with van der Waals surface area (Å²) in [5, 5.41) is 11.8. The molecule has 4 rings (SSSR count). The van der Waals surface area contributed by atoms with Gasteiger partial charge in [0.15, 0.2) is 0 Å². The first-order chi connectivity index (χ1) is 13.9. The Kier molecular flexibility index (Phi) is 4.94. The minimum Gasteiger partial charge on any atom is -0.507 e. The van der Waals surface area contributed by atoms with Crippen molar-refractivity contribution in [1.82, 2.24) is 0 Å². The molecule has 0 aliphatic carbocycles. The summed E-state index contributed by atoms with van der Waals surface area (Å²) in [5.74, 6) is -0.915. The molecule has 29 heavy (non-hydrogen) atoms. The normalized spacial score (nSPS) is 18.4. The second kappa shape index (κ2) is 7.43. The van der Waals surface area contributed by atoms with Gasteiger partial charge in [-0.25, -0.2) is 0 Å². The highest BCUT2D eigenvalue weighted by Crippen LogP contribution is 2.43. The second-order valence-corrected chi connectivity index (χ2v) is 7.48. The number of Topliss-reactive ketones (excluding diaryl/α,β-unsaturated/α-hetero) is 1. The maximum Gasteiger partial charge on any atom is 0.300 e. The maximum absolute atomic E-state index is 12.9. The van der Waals surface area contributed by atoms with Crippen LogP contribution in [0.2, 0.25) is 10.0 Å². The van der Waals surface area contributed by atoms with Crippen LogP contribution in [0.15, 0.2) is 70.7 Å². The lowest BCUT2D eigenvalue weighted by molar-refractivity contribution is -0.132. The molecule has 1 saturated heterocycles. The molecule has 0 spiro atoms. The largest absolute Gasteiger partial charge is 0.507 e. The van der Waals surface area contributed by atoms with E-state index in [1.807, 2.05) is 0 Å². The molecule has 1 amide bonds. The van der Waals surface area contributed by atoms with Crippen molar-refractivity contribution < 1.29 is 19.1 Å². The van der Waals surface area contributed by atoms with Gasteiger partial charge in [-0.3, -0.25) is 14.5 Å². The molecular formula is C22H15Cl2NO4. The number of ketones is 1. The number of carbonyl (C=O) groups is 2. The number of aryl methyl sites for hydroxylation is 1. The van der Waals surface area contributed by atoms with Crippen molar-refractivity contribution in [2.75, 3.05) is 4.90 Å². The highest BCUT2D eigenvalue weighted by atomic mass is 35.5. The molecule has 5 nitrogen and oxygen atoms in total. The average molecular weight is 428 g/mol. The van der Waals surface area contributed by atoms with E-state index in [9.17, 15) is 14.7 Å². The summed E-state index contributed by atoms with van der Waals surface area (Å²) in [6, 6.07) is 15.4. The first kappa shape index (κ1) is 19.3. The van der Waals surface area contributed by atoms with Crippen LogP contribution in [0.4, 0.5) is 5.69 Å². The Hall–Kier alpha value is -3.02. The summed E-state index contributed by atoms with van der Waals surface area (Å²) in [6.07, 6.45) is 0. The van der Waals surface area contributed by atoms with E-state index >= 15 is 0 Å². The topological polar surface area (TPSA) is 70.8 Å². The lowest BCUT2D eigenvalue weighted by Crippen LogP contribution is -2.29. The van der Waals surface area contributed by atoms with Crippen molar-refractivity contribution in [3.05, 3.63) is 93.4 Å². The molecule has 1 fully saturated rings. The Balaban J connectivity index is 1.94. The molecule has 0 radical (unpaired) electrons. The molecule has 1 aliphatic rings. The van der Waals surface area contributed by atoms with E-state index < -0.39 is 17.7 Å². The molecule has 2 heterocycles. The van der Waals surface area contributed by atoms with Gasteiger partial charge < -0.3 is 9.52 Å². The number of amides is 1. The van der Waals surface area contributed by atoms with Crippen molar-refractivity contribution in [2.24, 2.45) is 0 Å². The molecule has 1 unspecified atom stereocenters. The standard InChI is InChI=1S/C22H15Cl2NO4/c1-12-5-10-17(29-12)19-18(20(26)13-6-8-14(23)9-7-13)21(27)22(28)25(19)16-4-2-3-15(24)11-16/h2-11,19,26H,1H3/b20-18-. The van der Waals surface area contributed by atoms with E-state index in [0.717, 1.165) is 0 Å². The fourth-order valence-electron chi connectivity index (χ4n) is 3.36. The van der Waals surface area contributed by atoms with Crippen LogP contribution in [0.3, 0.4) is 0 Å². The van der Waals surface area contributed by atoms with E-state index in [1.54, 1.807) is 67.6 Å². The third-order valence-electron chi connectivity index (χ3n) is 4.68. The predicted molar refractivity (Wildman–Crippen MR) is 111 cm³/mol. The molecule has 1 aliphatic heterocycles. The molecule has 0 bridgehead atoms. The lowest BCUT2D eigenvalue weighted by Gasteiger charge is -2.23. The first-order valence-electron chi connectivity index (χ1n) is 8.75. The fourth-order valence-corrected chi connectivity index (χ4v) is 3.67. The zero-order chi connectivity index (χ0) is 20.7. The third kappa shape index (κ3) is 3.43. The van der Waals surface area contributed by atoms with Crippen molar-refractivity contribution in [2.45, 2.75) is 13.0 Å². The Morgan fingerprint density at radius 3 is 2.34 bits per heavy atom. The Labute approximate surface area is 176 Å². The summed E-state index contributed by atoms with van der Waals surface area (Å²) in [6.45, 7) is 1.76. The number of anilines is 1. The smallest absolute Gasteiger partial charge is 0.300 e. The quantitative estimate of drug-likeness (QED) is 0.339. The third-order valence-corrected chi connectivity index (χ3v) is 5.17. The number of carbonyl (C=O) groups excluding carboxylic acids is 2. The van der Waals surface area contributed by atoms with Crippen LogP contribution in [0.5, 0.6) is 0 Å². The maximum atomic E-state index is 12.9. The molecule has 2 aromatic carbocycles. The molecule has 1 N–H and O–H groups in total. The van der Waals surface area contributed by atoms with E-state index in [0.29, 0.717) is 32.8 Å². The van der Waals surface area contributed by atoms with Gasteiger partial charge in [0.25, 0.3) is 11.7 Å². The second-order valence-electron chi connectivity index (χ2n) is 6.60. The van der Waals surface area contributed by atoms with Gasteiger partial charge in [-0.1, -0.05) is 29.3 Å². The van der Waals surface area contributed by atoms with Crippen LogP contribution in [0.1, 0.15) is 23.1 Å². The fraction of sp³-hybridized carbons (Fsp3) is 0.0909. The van der Waals surface area contributed by atoms with Gasteiger partial charge in [0.2, 0.25) is 0 Å². The number of hydrogen-bond acceptors (Lipinski definition) is 4. The van der Waals surface area contributed by atoms with E-state index in [-0.39, 0.29) is 11.3 Å². The van der Waals surface area contributed by atoms with Gasteiger partial charge in [0.05, 0.1) is 5.57 Å². The number of hydrogen-bond donors (Lipinski definition) is 1. The summed E-state index contributed by atoms with van der Waals surface area (Å²) in [5.41, 5.74) is 0.729. The van der Waals surface area contributed by atoms with Crippen LogP contribution in [-0.4, -0.2) is 16.8 Å². The van der Waals surface area contributed by atoms with Gasteiger partial charge >= 0.3 is 0 Å². The van der Waals surface area contributed by atoms with Crippen molar-refractivity contribution in [1.29, 1.82) is 0 Å². The van der Waals surface area contributed by atoms with Crippen molar-refractivity contribution in [3.63, 3.8) is 0 Å². The van der Waals surface area contributed by atoms with Crippen molar-refractivity contribution >= 4 is 46.3 Å². The summed E-state index contributed by atoms with van der Waals surface area (Å²) < 4.78 is 5.74. The molecule has 1 atom stereocenters. The van der Waals surface area contributed by atoms with Crippen LogP contribution in [-0.2, 0) is 9.59 Å². The zero-order valence-electron chi connectivity index (χ0n) is 15.2. The summed E-state index contributed by atoms with van der Waals surface area (Å²) in [7, 11) is 0. The Morgan fingerprint density at radius 1 is 1.00 bits per heavy atom. The van der Waals surface area contributed by atoms with Crippen LogP contribution >= 0.6 is 23.2 Å². The Morgan fingerprint density at radius 2 is 1.72 bits per heavy atom. The highest BCUT2D eigenvalue weighted by molar-refractivity contribution is 6.51. The van der Waals surface area contributed by atoms with Gasteiger partial charge in [-0.15, -0.1) is 0 Å². The zero-order valence-corrected chi connectivity index (χ0v) is 16.7. The molecule has 1 aromatic heterocycles. The highest BCUT2D eigenvalue weighted by Gasteiger charge is 2.48. The van der Waals surface area contributed by atoms with Gasteiger partial charge in [0.1, 0.15) is 23.3 Å². The number of aliphatic hydroxyl groups excluding tert-OH is 1. The van der Waals surface area contributed by atoms with Crippen LogP contribution in [0.25, 0.3) is 5.76 Å². The summed E-state index contributed by atoms with van der Waals surface area (Å²) in [4.78, 5) is 27.2. The number of halogens is 2. The number of aliphatic hydroxyl groups is 1. The SMILES string of the molecule is Cc1ccc(C2/C(=C(/O)c3ccc(Cl)cc3)C(=O)C(=O)N2c2cccc(Cl)c2)o1. The number of benzene rings is 2. The minimum absolute atomic E-state index is 0.0633. The number of nitrogens with zero attached hydrogens (tertiary/aromatic N) is 1. The molecule has 7 heteroatoms. The van der Waals surface area contributed by atoms with Gasteiger partial charge in [-0.05, 0) is 61.5 Å². The van der Waals surface area contributed by atoms with E-state index in [4.69, 9.17) is 27.6 Å². The van der Waals surface area contributed by atoms with E-state index in [2.05, 4.69) is 0 Å². The van der Waals surface area contributed by atoms with Crippen LogP contribution in [0, 0.1) is 6.92 Å². The van der Waals surface area contributed by atoms with Gasteiger partial charge in [-0.2, -0.15) is 0 Å². The van der Waals surface area contributed by atoms with Crippen LogP contribution < -0.4 is 4.90 Å². The van der Waals surface area contributed by atoms with Crippen molar-refractivity contribution in [3.8, 4) is 0 Å². The summed E-state index contributed by atoms with van der Waals surface area (Å²) >= 11 is 12.0. The monoisotopic (exact) mass is 427 g/mol. The molecule has 146 valence electrons. The van der Waals surface area contributed by atoms with E-state index in [1.165, 1.54) is 4.90 Å². The minimum atomic E-state index is -0.933. The average Bonchev–Trinajstić information content (AvgIpc) is 3.23. The molecule has 3 aromatic rings. The molecule has 0 saturated carbocycles. The molecular weight excluding hydrogens is 413 g/mol. The Bertz CT molecular complexity index is 1150. The number of rotatable bonds is 3. The predicted octanol–water partition coefficient (Wildman–Crippen LogP) is 5.52.